The van der Waals surface area contributed by atoms with Crippen molar-refractivity contribution in [2.45, 2.75) is 19.3 Å². The van der Waals surface area contributed by atoms with Crippen molar-refractivity contribution in [1.82, 2.24) is 4.40 Å². The highest BCUT2D eigenvalue weighted by Crippen LogP contribution is 2.57. The average Bonchev–Trinajstić information content (AvgIpc) is 3.96. The maximum absolute atomic E-state index is 2.63. The molecule has 0 saturated carbocycles. The summed E-state index contributed by atoms with van der Waals surface area (Å²) in [4.78, 5) is 6.05. The van der Waals surface area contributed by atoms with Crippen molar-refractivity contribution in [3.05, 3.63) is 199 Å². The Labute approximate surface area is 335 Å². The minimum Gasteiger partial charge on any atom is -0.310 e. The summed E-state index contributed by atoms with van der Waals surface area (Å²) in [6.45, 7) is 4.83. The molecule has 0 unspecified atom stereocenters. The highest BCUT2D eigenvalue weighted by Gasteiger charge is 2.42. The quantitative estimate of drug-likeness (QED) is 0.168. The summed E-state index contributed by atoms with van der Waals surface area (Å²) < 4.78 is 3.95. The monoisotopic (exact) mass is 747 g/mol. The van der Waals surface area contributed by atoms with Crippen LogP contribution in [0.4, 0.5) is 34.1 Å². The van der Waals surface area contributed by atoms with Gasteiger partial charge in [0.2, 0.25) is 0 Å². The van der Waals surface area contributed by atoms with E-state index in [0.717, 1.165) is 34.1 Å². The Morgan fingerprint density at radius 1 is 0.456 bits per heavy atom. The van der Waals surface area contributed by atoms with Crippen molar-refractivity contribution in [3.8, 4) is 11.1 Å². The molecule has 0 radical (unpaired) electrons. The molecule has 3 nitrogen and oxygen atoms in total. The topological polar surface area (TPSA) is 10.9 Å². The SMILES string of the molecule is CC1(C)c2ccc(N(c3ccccc3)c3ccccc3)cc2-c2c1n1c3sc4cc5cc(N(c6ccccc6)c6ccccc6)ccc5cc4c3c3cccc2c31. The van der Waals surface area contributed by atoms with Gasteiger partial charge in [-0.05, 0) is 107 Å². The van der Waals surface area contributed by atoms with Gasteiger partial charge in [-0.3, -0.25) is 0 Å². The van der Waals surface area contributed by atoms with Crippen LogP contribution in [-0.4, -0.2) is 4.40 Å². The summed E-state index contributed by atoms with van der Waals surface area (Å²) >= 11 is 1.93. The van der Waals surface area contributed by atoms with Gasteiger partial charge in [0.15, 0.2) is 0 Å². The van der Waals surface area contributed by atoms with Gasteiger partial charge in [0.25, 0.3) is 0 Å². The number of nitrogens with zero attached hydrogens (tertiary/aromatic N) is 3. The van der Waals surface area contributed by atoms with Gasteiger partial charge < -0.3 is 14.2 Å². The van der Waals surface area contributed by atoms with E-state index in [-0.39, 0.29) is 5.41 Å². The van der Waals surface area contributed by atoms with Crippen molar-refractivity contribution in [2.75, 3.05) is 9.80 Å². The van der Waals surface area contributed by atoms with E-state index in [1.54, 1.807) is 0 Å². The van der Waals surface area contributed by atoms with Crippen molar-refractivity contribution >= 4 is 92.8 Å². The number of aromatic nitrogens is 1. The standard InChI is InChI=1S/C53H37N3S/c1-53(2)46-29-28-41(55(38-20-11-5-12-21-38)39-22-13-6-14-23-39)33-44(46)48-42-24-15-25-43-49-45-31-34-26-27-40(54(36-16-7-3-8-17-36)37-18-9-4-10-19-37)30-35(34)32-47(45)57-52(49)56(50(42)43)51(48)53/h3-33H,1-2H3. The Bertz CT molecular complexity index is 3230. The van der Waals surface area contributed by atoms with E-state index in [1.165, 1.54) is 69.7 Å². The molecular weight excluding hydrogens is 711 g/mol. The predicted octanol–water partition coefficient (Wildman–Crippen LogP) is 15.3. The minimum atomic E-state index is -0.195. The second-order valence-electron chi connectivity index (χ2n) is 15.8. The average molecular weight is 748 g/mol. The van der Waals surface area contributed by atoms with Gasteiger partial charge in [-0.15, -0.1) is 11.3 Å². The van der Waals surface area contributed by atoms with Crippen LogP contribution in [0.3, 0.4) is 0 Å². The lowest BCUT2D eigenvalue weighted by Gasteiger charge is -2.27. The molecule has 0 N–H and O–H groups in total. The van der Waals surface area contributed by atoms with Crippen LogP contribution in [0, 0.1) is 0 Å². The second kappa shape index (κ2) is 12.1. The zero-order chi connectivity index (χ0) is 37.8. The van der Waals surface area contributed by atoms with E-state index in [9.17, 15) is 0 Å². The maximum atomic E-state index is 2.63. The van der Waals surface area contributed by atoms with Crippen LogP contribution in [0.15, 0.2) is 188 Å². The normalized spacial score (nSPS) is 13.2. The zero-order valence-electron chi connectivity index (χ0n) is 31.6. The van der Waals surface area contributed by atoms with Gasteiger partial charge in [0.05, 0.1) is 5.52 Å². The summed E-state index contributed by atoms with van der Waals surface area (Å²) in [5.74, 6) is 0. The molecule has 4 heteroatoms. The summed E-state index contributed by atoms with van der Waals surface area (Å²) in [5.41, 5.74) is 13.5. The maximum Gasteiger partial charge on any atom is 0.109 e. The van der Waals surface area contributed by atoms with E-state index in [1.807, 2.05) is 11.3 Å². The van der Waals surface area contributed by atoms with Crippen molar-refractivity contribution in [3.63, 3.8) is 0 Å². The number of benzene rings is 8. The highest BCUT2D eigenvalue weighted by atomic mass is 32.1. The predicted molar refractivity (Wildman–Crippen MR) is 243 cm³/mol. The molecule has 12 rings (SSSR count). The van der Waals surface area contributed by atoms with Gasteiger partial charge >= 0.3 is 0 Å². The van der Waals surface area contributed by atoms with Gasteiger partial charge in [-0.2, -0.15) is 0 Å². The van der Waals surface area contributed by atoms with Crippen LogP contribution >= 0.6 is 11.3 Å². The molecule has 0 amide bonds. The number of hydrogen-bond donors (Lipinski definition) is 0. The van der Waals surface area contributed by atoms with Crippen LogP contribution in [0.25, 0.3) is 58.5 Å². The van der Waals surface area contributed by atoms with Gasteiger partial charge in [-0.25, -0.2) is 0 Å². The van der Waals surface area contributed by atoms with Crippen LogP contribution in [0.1, 0.15) is 25.1 Å². The van der Waals surface area contributed by atoms with Crippen LogP contribution in [0.2, 0.25) is 0 Å². The molecule has 0 bridgehead atoms. The van der Waals surface area contributed by atoms with E-state index in [4.69, 9.17) is 0 Å². The third kappa shape index (κ3) is 4.65. The van der Waals surface area contributed by atoms with Crippen molar-refractivity contribution in [1.29, 1.82) is 0 Å². The highest BCUT2D eigenvalue weighted by molar-refractivity contribution is 7.25. The van der Waals surface area contributed by atoms with Crippen molar-refractivity contribution in [2.24, 2.45) is 0 Å². The third-order valence-corrected chi connectivity index (χ3v) is 13.3. The molecule has 3 heterocycles. The van der Waals surface area contributed by atoms with E-state index < -0.39 is 0 Å². The number of para-hydroxylation sites is 5. The number of rotatable bonds is 6. The first-order chi connectivity index (χ1) is 28.0. The molecule has 0 saturated heterocycles. The first-order valence-electron chi connectivity index (χ1n) is 19.7. The molecule has 11 aromatic rings. The molecule has 0 aliphatic heterocycles. The van der Waals surface area contributed by atoms with Gasteiger partial charge in [-0.1, -0.05) is 117 Å². The third-order valence-electron chi connectivity index (χ3n) is 12.2. The van der Waals surface area contributed by atoms with E-state index >= 15 is 0 Å². The zero-order valence-corrected chi connectivity index (χ0v) is 32.5. The van der Waals surface area contributed by atoms with Crippen LogP contribution in [0.5, 0.6) is 0 Å². The fraction of sp³-hybridized carbons (Fsp3) is 0.0566. The number of hydrogen-bond acceptors (Lipinski definition) is 3. The number of anilines is 6. The summed E-state index contributed by atoms with van der Waals surface area (Å²) in [6.07, 6.45) is 0. The summed E-state index contributed by atoms with van der Waals surface area (Å²) in [7, 11) is 0. The molecule has 0 spiro atoms. The van der Waals surface area contributed by atoms with E-state index in [0.29, 0.717) is 0 Å². The molecule has 57 heavy (non-hydrogen) atoms. The Morgan fingerprint density at radius 3 is 1.60 bits per heavy atom. The minimum absolute atomic E-state index is 0.195. The lowest BCUT2D eigenvalue weighted by atomic mass is 9.85. The fourth-order valence-corrected chi connectivity index (χ4v) is 11.0. The Balaban J connectivity index is 1.06. The second-order valence-corrected chi connectivity index (χ2v) is 16.8. The molecule has 270 valence electrons. The molecule has 1 aliphatic rings. The summed E-state index contributed by atoms with van der Waals surface area (Å²) in [5, 5.41) is 7.87. The lowest BCUT2D eigenvalue weighted by molar-refractivity contribution is 0.634. The first-order valence-corrected chi connectivity index (χ1v) is 20.5. The Kier molecular flexibility index (Phi) is 6.85. The molecule has 8 aromatic carbocycles. The number of thiophene rings is 1. The smallest absolute Gasteiger partial charge is 0.109 e. The summed E-state index contributed by atoms with van der Waals surface area (Å²) in [6, 6.07) is 68.6. The van der Waals surface area contributed by atoms with Crippen LogP contribution in [-0.2, 0) is 5.41 Å². The fourth-order valence-electron chi connectivity index (χ4n) is 9.73. The van der Waals surface area contributed by atoms with Crippen LogP contribution < -0.4 is 9.80 Å². The molecular formula is C53H37N3S. The van der Waals surface area contributed by atoms with Gasteiger partial charge in [0, 0.05) is 77.0 Å². The Hall–Kier alpha value is -6.88. The molecule has 0 atom stereocenters. The largest absolute Gasteiger partial charge is 0.310 e. The number of fused-ring (bicyclic) bond motifs is 11. The Morgan fingerprint density at radius 2 is 1.00 bits per heavy atom. The van der Waals surface area contributed by atoms with Gasteiger partial charge in [0.1, 0.15) is 4.83 Å². The van der Waals surface area contributed by atoms with Crippen molar-refractivity contribution < 1.29 is 0 Å². The lowest BCUT2D eigenvalue weighted by Crippen LogP contribution is -2.18. The molecule has 0 fully saturated rings. The molecule has 3 aromatic heterocycles. The first kappa shape index (κ1) is 32.4. The van der Waals surface area contributed by atoms with E-state index in [2.05, 4.69) is 216 Å². The molecule has 1 aliphatic carbocycles.